The lowest BCUT2D eigenvalue weighted by Gasteiger charge is -2.23. The summed E-state index contributed by atoms with van der Waals surface area (Å²) >= 11 is 0. The van der Waals surface area contributed by atoms with Crippen LogP contribution in [0.25, 0.3) is 0 Å². The molecule has 0 aliphatic heterocycles. The Labute approximate surface area is 115 Å². The number of likely N-dealkylation sites (N-methyl/N-ethyl adjacent to an activating group) is 1. The Bertz CT molecular complexity index is 484. The predicted molar refractivity (Wildman–Crippen MR) is 75.8 cm³/mol. The molecule has 0 aliphatic carbocycles. The highest BCUT2D eigenvalue weighted by Crippen LogP contribution is 2.10. The predicted octanol–water partition coefficient (Wildman–Crippen LogP) is 0.642. The fourth-order valence-electron chi connectivity index (χ4n) is 2.01. The molecule has 0 saturated heterocycles. The van der Waals surface area contributed by atoms with Crippen molar-refractivity contribution in [3.63, 3.8) is 0 Å². The minimum Gasteiger partial charge on any atom is -0.313 e. The molecule has 0 radical (unpaired) electrons. The Morgan fingerprint density at radius 1 is 1.42 bits per heavy atom. The summed E-state index contributed by atoms with van der Waals surface area (Å²) in [5.41, 5.74) is 0. The van der Waals surface area contributed by atoms with Crippen LogP contribution in [-0.2, 0) is 22.8 Å². The van der Waals surface area contributed by atoms with E-state index >= 15 is 0 Å². The van der Waals surface area contributed by atoms with E-state index < -0.39 is 15.1 Å². The summed E-state index contributed by atoms with van der Waals surface area (Å²) < 4.78 is 25.3. The van der Waals surface area contributed by atoms with Crippen molar-refractivity contribution in [1.82, 2.24) is 20.1 Å². The summed E-state index contributed by atoms with van der Waals surface area (Å²) in [6, 6.07) is -0.139. The van der Waals surface area contributed by atoms with Gasteiger partial charge in [0.25, 0.3) is 0 Å². The smallest absolute Gasteiger partial charge is 0.151 e. The van der Waals surface area contributed by atoms with E-state index in [1.165, 1.54) is 12.6 Å². The molecule has 2 unspecified atom stereocenters. The Morgan fingerprint density at radius 3 is 2.63 bits per heavy atom. The van der Waals surface area contributed by atoms with Gasteiger partial charge in [0.1, 0.15) is 12.2 Å². The van der Waals surface area contributed by atoms with Crippen molar-refractivity contribution in [2.24, 2.45) is 0 Å². The van der Waals surface area contributed by atoms with E-state index in [0.717, 1.165) is 25.3 Å². The first-order chi connectivity index (χ1) is 8.90. The van der Waals surface area contributed by atoms with Crippen molar-refractivity contribution in [3.05, 3.63) is 12.2 Å². The number of aromatic nitrogens is 3. The third-order valence-electron chi connectivity index (χ3n) is 3.24. The second kappa shape index (κ2) is 7.00. The summed E-state index contributed by atoms with van der Waals surface area (Å²) in [5, 5.41) is 6.96. The molecule has 1 N–H and O–H groups in total. The van der Waals surface area contributed by atoms with Crippen LogP contribution < -0.4 is 5.32 Å². The first kappa shape index (κ1) is 16.1. The molecule has 0 amide bonds. The van der Waals surface area contributed by atoms with Gasteiger partial charge >= 0.3 is 0 Å². The van der Waals surface area contributed by atoms with Crippen LogP contribution in [0.3, 0.4) is 0 Å². The van der Waals surface area contributed by atoms with Gasteiger partial charge in [-0.1, -0.05) is 13.8 Å². The lowest BCUT2D eigenvalue weighted by atomic mass is 10.1. The summed E-state index contributed by atoms with van der Waals surface area (Å²) in [4.78, 5) is 4.24. The fourth-order valence-corrected chi connectivity index (χ4v) is 2.80. The quantitative estimate of drug-likeness (QED) is 0.759. The monoisotopic (exact) mass is 288 g/mol. The van der Waals surface area contributed by atoms with Crippen molar-refractivity contribution in [2.45, 2.75) is 51.4 Å². The van der Waals surface area contributed by atoms with Gasteiger partial charge in [0.05, 0.1) is 5.25 Å². The topological polar surface area (TPSA) is 76.9 Å². The number of rotatable bonds is 8. The maximum Gasteiger partial charge on any atom is 0.151 e. The molecule has 2 atom stereocenters. The maximum absolute atomic E-state index is 11.7. The zero-order chi connectivity index (χ0) is 14.5. The molecule has 1 aromatic heterocycles. The third-order valence-corrected chi connectivity index (χ3v) is 4.92. The van der Waals surface area contributed by atoms with Crippen molar-refractivity contribution in [1.29, 1.82) is 0 Å². The van der Waals surface area contributed by atoms with Crippen LogP contribution >= 0.6 is 0 Å². The number of nitrogens with zero attached hydrogens (tertiary/aromatic N) is 3. The van der Waals surface area contributed by atoms with Gasteiger partial charge in [0.2, 0.25) is 0 Å². The normalized spacial score (nSPS) is 15.4. The Kier molecular flexibility index (Phi) is 5.93. The highest BCUT2D eigenvalue weighted by Gasteiger charge is 2.26. The van der Waals surface area contributed by atoms with Crippen molar-refractivity contribution in [3.8, 4) is 0 Å². The second-order valence-corrected chi connectivity index (χ2v) is 7.20. The third kappa shape index (κ3) is 4.58. The average Bonchev–Trinajstić information content (AvgIpc) is 2.74. The molecule has 0 saturated carbocycles. The number of hydrogen-bond acceptors (Lipinski definition) is 5. The molecule has 7 heteroatoms. The molecule has 1 aromatic rings. The average molecular weight is 288 g/mol. The van der Waals surface area contributed by atoms with Crippen LogP contribution in [-0.4, -0.2) is 47.3 Å². The number of hydrogen-bond donors (Lipinski definition) is 1. The molecule has 1 rings (SSSR count). The van der Waals surface area contributed by atoms with Crippen LogP contribution in [0, 0.1) is 0 Å². The maximum atomic E-state index is 11.7. The Hall–Kier alpha value is -0.950. The van der Waals surface area contributed by atoms with E-state index in [4.69, 9.17) is 0 Å². The van der Waals surface area contributed by atoms with Gasteiger partial charge < -0.3 is 5.32 Å². The molecular weight excluding hydrogens is 264 g/mol. The molecule has 0 spiro atoms. The molecular formula is C12H24N4O2S. The molecule has 0 fully saturated rings. The number of aryl methyl sites for hydroxylation is 1. The van der Waals surface area contributed by atoms with E-state index in [-0.39, 0.29) is 6.04 Å². The SMILES string of the molecule is CCCn1ncnc1CC(NCC)C(C)S(C)(=O)=O. The lowest BCUT2D eigenvalue weighted by Crippen LogP contribution is -2.44. The van der Waals surface area contributed by atoms with E-state index in [0.29, 0.717) is 6.42 Å². The minimum atomic E-state index is -3.07. The summed E-state index contributed by atoms with van der Waals surface area (Å²) in [6.07, 6.45) is 4.35. The first-order valence-electron chi connectivity index (χ1n) is 6.69. The Balaban J connectivity index is 2.86. The van der Waals surface area contributed by atoms with Gasteiger partial charge in [-0.05, 0) is 19.9 Å². The highest BCUT2D eigenvalue weighted by atomic mass is 32.2. The first-order valence-corrected chi connectivity index (χ1v) is 8.64. The van der Waals surface area contributed by atoms with Gasteiger partial charge in [0, 0.05) is 25.3 Å². The Morgan fingerprint density at radius 2 is 2.11 bits per heavy atom. The molecule has 19 heavy (non-hydrogen) atoms. The summed E-state index contributed by atoms with van der Waals surface area (Å²) in [5.74, 6) is 0.836. The van der Waals surface area contributed by atoms with E-state index in [1.54, 1.807) is 6.92 Å². The van der Waals surface area contributed by atoms with Crippen molar-refractivity contribution >= 4 is 9.84 Å². The summed E-state index contributed by atoms with van der Waals surface area (Å²) in [7, 11) is -3.07. The fraction of sp³-hybridized carbons (Fsp3) is 0.833. The van der Waals surface area contributed by atoms with Gasteiger partial charge in [0.15, 0.2) is 9.84 Å². The largest absolute Gasteiger partial charge is 0.313 e. The zero-order valence-electron chi connectivity index (χ0n) is 12.1. The molecule has 1 heterocycles. The molecule has 0 aliphatic rings. The van der Waals surface area contributed by atoms with E-state index in [9.17, 15) is 8.42 Å². The standard InChI is InChI=1S/C12H24N4O2S/c1-5-7-16-12(14-9-15-16)8-11(13-6-2)10(3)19(4,17)18/h9-11,13H,5-8H2,1-4H3. The van der Waals surface area contributed by atoms with Gasteiger partial charge in [-0.15, -0.1) is 0 Å². The van der Waals surface area contributed by atoms with Gasteiger partial charge in [-0.2, -0.15) is 5.10 Å². The van der Waals surface area contributed by atoms with Crippen molar-refractivity contribution in [2.75, 3.05) is 12.8 Å². The van der Waals surface area contributed by atoms with Crippen molar-refractivity contribution < 1.29 is 8.42 Å². The minimum absolute atomic E-state index is 0.139. The van der Waals surface area contributed by atoms with Gasteiger partial charge in [-0.25, -0.2) is 13.4 Å². The highest BCUT2D eigenvalue weighted by molar-refractivity contribution is 7.91. The second-order valence-electron chi connectivity index (χ2n) is 4.80. The van der Waals surface area contributed by atoms with Crippen LogP contribution in [0.5, 0.6) is 0 Å². The van der Waals surface area contributed by atoms with Crippen LogP contribution in [0.4, 0.5) is 0 Å². The number of sulfone groups is 1. The van der Waals surface area contributed by atoms with E-state index in [1.807, 2.05) is 11.6 Å². The number of nitrogens with one attached hydrogen (secondary N) is 1. The van der Waals surface area contributed by atoms with Crippen LogP contribution in [0.15, 0.2) is 6.33 Å². The summed E-state index contributed by atoms with van der Waals surface area (Å²) in [6.45, 7) is 7.32. The van der Waals surface area contributed by atoms with Gasteiger partial charge in [-0.3, -0.25) is 4.68 Å². The van der Waals surface area contributed by atoms with Crippen LogP contribution in [0.1, 0.15) is 33.0 Å². The zero-order valence-corrected chi connectivity index (χ0v) is 12.9. The molecule has 0 bridgehead atoms. The van der Waals surface area contributed by atoms with Crippen LogP contribution in [0.2, 0.25) is 0 Å². The molecule has 110 valence electrons. The molecule has 0 aromatic carbocycles. The van der Waals surface area contributed by atoms with E-state index in [2.05, 4.69) is 22.3 Å². The molecule has 6 nitrogen and oxygen atoms in total. The lowest BCUT2D eigenvalue weighted by molar-refractivity contribution is 0.466.